The van der Waals surface area contributed by atoms with Crippen molar-refractivity contribution >= 4 is 28.3 Å². The minimum absolute atomic E-state index is 0.154. The fourth-order valence-corrected chi connectivity index (χ4v) is 2.63. The zero-order valence-corrected chi connectivity index (χ0v) is 13.5. The molecule has 0 spiro atoms. The average molecular weight is 342 g/mol. The zero-order chi connectivity index (χ0) is 16.9. The van der Waals surface area contributed by atoms with Crippen molar-refractivity contribution in [1.29, 1.82) is 0 Å². The molecular weight excluding hydrogens is 328 g/mol. The normalized spacial score (nSPS) is 11.7. The summed E-state index contributed by atoms with van der Waals surface area (Å²) in [5.41, 5.74) is 1.41. The first-order valence-electron chi connectivity index (χ1n) is 7.15. The van der Waals surface area contributed by atoms with Crippen molar-refractivity contribution < 1.29 is 14.0 Å². The summed E-state index contributed by atoms with van der Waals surface area (Å²) in [5, 5.41) is 7.49. The molecule has 0 aromatic carbocycles. The molecule has 3 aromatic heterocycles. The maximum Gasteiger partial charge on any atom is 0.287 e. The van der Waals surface area contributed by atoms with E-state index < -0.39 is 11.9 Å². The Morgan fingerprint density at radius 2 is 2.08 bits per heavy atom. The monoisotopic (exact) mass is 342 g/mol. The van der Waals surface area contributed by atoms with Gasteiger partial charge in [-0.3, -0.25) is 14.6 Å². The molecule has 2 N–H and O–H groups in total. The van der Waals surface area contributed by atoms with Crippen LogP contribution in [-0.2, 0) is 4.79 Å². The van der Waals surface area contributed by atoms with Gasteiger partial charge in [0.15, 0.2) is 10.9 Å². The lowest BCUT2D eigenvalue weighted by molar-refractivity contribution is -0.117. The molecule has 0 saturated heterocycles. The number of pyridine rings is 1. The molecule has 0 radical (unpaired) electrons. The summed E-state index contributed by atoms with van der Waals surface area (Å²) < 4.78 is 4.99. The highest BCUT2D eigenvalue weighted by Crippen LogP contribution is 2.23. The number of anilines is 1. The number of hydrogen-bond acceptors (Lipinski definition) is 6. The maximum absolute atomic E-state index is 12.2. The molecule has 3 rings (SSSR count). The van der Waals surface area contributed by atoms with Crippen molar-refractivity contribution in [3.05, 3.63) is 53.9 Å². The van der Waals surface area contributed by atoms with Gasteiger partial charge in [-0.05, 0) is 31.2 Å². The number of aromatic nitrogens is 2. The summed E-state index contributed by atoms with van der Waals surface area (Å²) in [6.45, 7) is 1.59. The van der Waals surface area contributed by atoms with Crippen LogP contribution in [0.4, 0.5) is 5.13 Å². The molecule has 0 bridgehead atoms. The van der Waals surface area contributed by atoms with Crippen LogP contribution in [-0.4, -0.2) is 27.8 Å². The summed E-state index contributed by atoms with van der Waals surface area (Å²) in [5.74, 6) is -0.658. The lowest BCUT2D eigenvalue weighted by atomic mass is 10.3. The molecule has 3 aromatic rings. The molecule has 0 saturated carbocycles. The van der Waals surface area contributed by atoms with Crippen LogP contribution in [0.1, 0.15) is 17.5 Å². The molecule has 3 heterocycles. The van der Waals surface area contributed by atoms with Crippen molar-refractivity contribution in [3.8, 4) is 11.4 Å². The average Bonchev–Trinajstić information content (AvgIpc) is 3.27. The van der Waals surface area contributed by atoms with Gasteiger partial charge in [-0.25, -0.2) is 4.98 Å². The van der Waals surface area contributed by atoms with Crippen LogP contribution >= 0.6 is 11.3 Å². The third-order valence-corrected chi connectivity index (χ3v) is 3.91. The van der Waals surface area contributed by atoms with Crippen LogP contribution in [0.2, 0.25) is 0 Å². The van der Waals surface area contributed by atoms with Crippen LogP contribution in [0.5, 0.6) is 0 Å². The number of nitrogens with zero attached hydrogens (tertiary/aromatic N) is 2. The number of rotatable bonds is 5. The summed E-state index contributed by atoms with van der Waals surface area (Å²) in [4.78, 5) is 32.5. The van der Waals surface area contributed by atoms with Gasteiger partial charge in [-0.15, -0.1) is 11.3 Å². The molecule has 122 valence electrons. The number of carbonyl (C=O) groups is 2. The second-order valence-electron chi connectivity index (χ2n) is 4.91. The summed E-state index contributed by atoms with van der Waals surface area (Å²) in [6, 6.07) is 7.93. The van der Waals surface area contributed by atoms with E-state index in [0.29, 0.717) is 10.8 Å². The molecular formula is C16H14N4O3S. The second-order valence-corrected chi connectivity index (χ2v) is 5.77. The van der Waals surface area contributed by atoms with Crippen LogP contribution in [0.15, 0.2) is 52.6 Å². The van der Waals surface area contributed by atoms with Crippen molar-refractivity contribution in [1.82, 2.24) is 15.3 Å². The first-order valence-corrected chi connectivity index (χ1v) is 8.03. The Balaban J connectivity index is 1.60. The Morgan fingerprint density at radius 3 is 2.79 bits per heavy atom. The lowest BCUT2D eigenvalue weighted by Gasteiger charge is -2.11. The highest BCUT2D eigenvalue weighted by molar-refractivity contribution is 7.14. The van der Waals surface area contributed by atoms with Gasteiger partial charge in [0, 0.05) is 11.6 Å². The van der Waals surface area contributed by atoms with E-state index in [1.54, 1.807) is 19.2 Å². The Kier molecular flexibility index (Phi) is 4.66. The van der Waals surface area contributed by atoms with Gasteiger partial charge in [-0.1, -0.05) is 6.07 Å². The van der Waals surface area contributed by atoms with E-state index in [1.807, 2.05) is 23.6 Å². The first kappa shape index (κ1) is 15.9. The molecule has 7 nitrogen and oxygen atoms in total. The third-order valence-electron chi connectivity index (χ3n) is 3.15. The van der Waals surface area contributed by atoms with E-state index in [0.717, 1.165) is 5.69 Å². The highest BCUT2D eigenvalue weighted by Gasteiger charge is 2.19. The Labute approximate surface area is 141 Å². The molecule has 0 aliphatic carbocycles. The first-order chi connectivity index (χ1) is 11.6. The minimum atomic E-state index is -0.732. The number of thiazole rings is 1. The number of furan rings is 1. The van der Waals surface area contributed by atoms with Crippen molar-refractivity contribution in [2.24, 2.45) is 0 Å². The molecule has 0 fully saturated rings. The molecule has 8 heteroatoms. The molecule has 0 aliphatic rings. The molecule has 0 unspecified atom stereocenters. The smallest absolute Gasteiger partial charge is 0.287 e. The number of amides is 2. The fraction of sp³-hybridized carbons (Fsp3) is 0.125. The fourth-order valence-electron chi connectivity index (χ4n) is 1.92. The standard InChI is InChI=1S/C16H14N4O3S/c1-10(18-15(22)13-6-4-8-23-13)14(21)20-16-19-12(9-24-16)11-5-2-3-7-17-11/h2-10H,1H3,(H,18,22)(H,19,20,21)/t10-/m0/s1. The summed E-state index contributed by atoms with van der Waals surface area (Å²) >= 11 is 1.29. The van der Waals surface area contributed by atoms with E-state index in [9.17, 15) is 9.59 Å². The Morgan fingerprint density at radius 1 is 1.21 bits per heavy atom. The van der Waals surface area contributed by atoms with Gasteiger partial charge in [0.1, 0.15) is 11.7 Å². The predicted molar refractivity (Wildman–Crippen MR) is 89.6 cm³/mol. The van der Waals surface area contributed by atoms with E-state index in [-0.39, 0.29) is 11.7 Å². The predicted octanol–water partition coefficient (Wildman–Crippen LogP) is 2.56. The van der Waals surface area contributed by atoms with E-state index in [1.165, 1.54) is 23.7 Å². The van der Waals surface area contributed by atoms with Gasteiger partial charge < -0.3 is 15.1 Å². The van der Waals surface area contributed by atoms with Gasteiger partial charge in [0.05, 0.1) is 12.0 Å². The van der Waals surface area contributed by atoms with Crippen molar-refractivity contribution in [3.63, 3.8) is 0 Å². The van der Waals surface area contributed by atoms with Crippen LogP contribution in [0.25, 0.3) is 11.4 Å². The second kappa shape index (κ2) is 7.05. The van der Waals surface area contributed by atoms with Crippen LogP contribution in [0.3, 0.4) is 0 Å². The molecule has 0 aliphatic heterocycles. The number of nitrogens with one attached hydrogen (secondary N) is 2. The minimum Gasteiger partial charge on any atom is -0.459 e. The van der Waals surface area contributed by atoms with Gasteiger partial charge >= 0.3 is 0 Å². The topological polar surface area (TPSA) is 97.1 Å². The summed E-state index contributed by atoms with van der Waals surface area (Å²) in [6.07, 6.45) is 3.08. The van der Waals surface area contributed by atoms with Crippen molar-refractivity contribution in [2.45, 2.75) is 13.0 Å². The van der Waals surface area contributed by atoms with E-state index in [2.05, 4.69) is 20.6 Å². The van der Waals surface area contributed by atoms with Gasteiger partial charge in [-0.2, -0.15) is 0 Å². The number of carbonyl (C=O) groups excluding carboxylic acids is 2. The summed E-state index contributed by atoms with van der Waals surface area (Å²) in [7, 11) is 0. The lowest BCUT2D eigenvalue weighted by Crippen LogP contribution is -2.41. The molecule has 1 atom stereocenters. The van der Waals surface area contributed by atoms with Gasteiger partial charge in [0.25, 0.3) is 5.91 Å². The quantitative estimate of drug-likeness (QED) is 0.743. The van der Waals surface area contributed by atoms with Crippen LogP contribution < -0.4 is 10.6 Å². The Bertz CT molecular complexity index is 830. The van der Waals surface area contributed by atoms with Gasteiger partial charge in [0.2, 0.25) is 5.91 Å². The van der Waals surface area contributed by atoms with Crippen LogP contribution in [0, 0.1) is 0 Å². The Hall–Kier alpha value is -3.00. The highest BCUT2D eigenvalue weighted by atomic mass is 32.1. The van der Waals surface area contributed by atoms with E-state index in [4.69, 9.17) is 4.42 Å². The SMILES string of the molecule is C[C@H](NC(=O)c1ccco1)C(=O)Nc1nc(-c2ccccn2)cs1. The van der Waals surface area contributed by atoms with Crippen molar-refractivity contribution in [2.75, 3.05) is 5.32 Å². The third kappa shape index (κ3) is 3.66. The zero-order valence-electron chi connectivity index (χ0n) is 12.7. The van der Waals surface area contributed by atoms with E-state index >= 15 is 0 Å². The molecule has 24 heavy (non-hydrogen) atoms. The molecule has 2 amide bonds. The maximum atomic E-state index is 12.2. The number of hydrogen-bond donors (Lipinski definition) is 2. The largest absolute Gasteiger partial charge is 0.459 e.